The Bertz CT molecular complexity index is 673. The average molecular weight is 300 g/mol. The number of carbonyl (C=O) groups is 1. The van der Waals surface area contributed by atoms with Crippen molar-refractivity contribution in [3.63, 3.8) is 0 Å². The number of rotatable bonds is 6. The highest BCUT2D eigenvalue weighted by atomic mass is 16.6. The Morgan fingerprint density at radius 1 is 1.14 bits per heavy atom. The van der Waals surface area contributed by atoms with Gasteiger partial charge in [0.2, 0.25) is 0 Å². The lowest BCUT2D eigenvalue weighted by molar-refractivity contribution is -0.384. The van der Waals surface area contributed by atoms with Gasteiger partial charge in [-0.3, -0.25) is 14.9 Å². The first kappa shape index (κ1) is 15.7. The molecule has 0 saturated heterocycles. The van der Waals surface area contributed by atoms with Crippen LogP contribution in [0.2, 0.25) is 0 Å². The summed E-state index contributed by atoms with van der Waals surface area (Å²) in [5.41, 5.74) is 1.14. The van der Waals surface area contributed by atoms with Crippen molar-refractivity contribution in [2.45, 2.75) is 12.0 Å². The zero-order valence-corrected chi connectivity index (χ0v) is 12.0. The molecule has 114 valence electrons. The van der Waals surface area contributed by atoms with E-state index < -0.39 is 22.9 Å². The van der Waals surface area contributed by atoms with Crippen LogP contribution in [0, 0.1) is 10.1 Å². The molecule has 0 bridgehead atoms. The van der Waals surface area contributed by atoms with Crippen molar-refractivity contribution in [3.8, 4) is 0 Å². The normalized spacial score (nSPS) is 13.3. The number of likely N-dealkylation sites (N-methyl/N-ethyl adjacent to an activating group) is 1. The molecule has 2 aromatic rings. The minimum atomic E-state index is -0.989. The van der Waals surface area contributed by atoms with Crippen LogP contribution < -0.4 is 5.32 Å². The van der Waals surface area contributed by atoms with E-state index in [4.69, 9.17) is 0 Å². The number of nitrogens with zero attached hydrogens (tertiary/aromatic N) is 1. The number of non-ortho nitro benzene ring substituents is 1. The van der Waals surface area contributed by atoms with Gasteiger partial charge >= 0.3 is 5.97 Å². The maximum atomic E-state index is 11.7. The van der Waals surface area contributed by atoms with Crippen LogP contribution >= 0.6 is 0 Å². The van der Waals surface area contributed by atoms with Crippen molar-refractivity contribution in [2.24, 2.45) is 0 Å². The van der Waals surface area contributed by atoms with Crippen LogP contribution in [0.3, 0.4) is 0 Å². The van der Waals surface area contributed by atoms with Gasteiger partial charge in [-0.05, 0) is 18.2 Å². The van der Waals surface area contributed by atoms with E-state index in [-0.39, 0.29) is 5.69 Å². The van der Waals surface area contributed by atoms with Gasteiger partial charge in [0.05, 0.1) is 4.92 Å². The number of nitro groups is 1. The van der Waals surface area contributed by atoms with Crippen molar-refractivity contribution in [3.05, 3.63) is 75.8 Å². The van der Waals surface area contributed by atoms with Crippen LogP contribution in [0.4, 0.5) is 5.69 Å². The SMILES string of the molecule is CNC(c1cccc([N+](=O)[O-])c1)C(C(=O)O)c1ccccc1. The number of carboxylic acids is 1. The smallest absolute Gasteiger partial charge is 0.312 e. The Balaban J connectivity index is 2.46. The summed E-state index contributed by atoms with van der Waals surface area (Å²) in [7, 11) is 1.64. The largest absolute Gasteiger partial charge is 0.481 e. The summed E-state index contributed by atoms with van der Waals surface area (Å²) < 4.78 is 0. The third-order valence-corrected chi connectivity index (χ3v) is 3.51. The van der Waals surface area contributed by atoms with E-state index in [0.29, 0.717) is 11.1 Å². The average Bonchev–Trinajstić information content (AvgIpc) is 2.53. The molecular weight excluding hydrogens is 284 g/mol. The van der Waals surface area contributed by atoms with Crippen LogP contribution in [0.1, 0.15) is 23.1 Å². The lowest BCUT2D eigenvalue weighted by atomic mass is 9.87. The second-order valence-corrected chi connectivity index (χ2v) is 4.85. The van der Waals surface area contributed by atoms with E-state index in [1.807, 2.05) is 6.07 Å². The number of hydrogen-bond acceptors (Lipinski definition) is 4. The fraction of sp³-hybridized carbons (Fsp3) is 0.188. The fourth-order valence-electron chi connectivity index (χ4n) is 2.50. The van der Waals surface area contributed by atoms with Crippen molar-refractivity contribution in [2.75, 3.05) is 7.05 Å². The first-order valence-electron chi connectivity index (χ1n) is 6.74. The molecule has 0 aliphatic heterocycles. The van der Waals surface area contributed by atoms with Crippen molar-refractivity contribution in [1.29, 1.82) is 0 Å². The number of benzene rings is 2. The second-order valence-electron chi connectivity index (χ2n) is 4.85. The van der Waals surface area contributed by atoms with E-state index in [0.717, 1.165) is 0 Å². The minimum Gasteiger partial charge on any atom is -0.481 e. The van der Waals surface area contributed by atoms with Crippen molar-refractivity contribution < 1.29 is 14.8 Å². The number of nitro benzene ring substituents is 1. The van der Waals surface area contributed by atoms with Crippen LogP contribution in [-0.2, 0) is 4.79 Å². The Morgan fingerprint density at radius 2 is 1.77 bits per heavy atom. The molecule has 2 unspecified atom stereocenters. The summed E-state index contributed by atoms with van der Waals surface area (Å²) in [6.45, 7) is 0. The summed E-state index contributed by atoms with van der Waals surface area (Å²) in [5.74, 6) is -1.83. The Kier molecular flexibility index (Phi) is 4.85. The predicted molar refractivity (Wildman–Crippen MR) is 81.7 cm³/mol. The van der Waals surface area contributed by atoms with Crippen LogP contribution in [0.25, 0.3) is 0 Å². The summed E-state index contributed by atoms with van der Waals surface area (Å²) in [6.07, 6.45) is 0. The molecule has 0 heterocycles. The van der Waals surface area contributed by atoms with Crippen molar-refractivity contribution >= 4 is 11.7 Å². The summed E-state index contributed by atoms with van der Waals surface area (Å²) in [4.78, 5) is 22.1. The minimum absolute atomic E-state index is 0.0602. The van der Waals surface area contributed by atoms with Gasteiger partial charge in [-0.1, -0.05) is 42.5 Å². The molecule has 6 nitrogen and oxygen atoms in total. The van der Waals surface area contributed by atoms with Gasteiger partial charge in [0.25, 0.3) is 5.69 Å². The molecule has 2 atom stereocenters. The zero-order chi connectivity index (χ0) is 16.1. The molecule has 2 aromatic carbocycles. The number of hydrogen-bond donors (Lipinski definition) is 2. The van der Waals surface area contributed by atoms with Gasteiger partial charge in [-0.25, -0.2) is 0 Å². The van der Waals surface area contributed by atoms with E-state index in [9.17, 15) is 20.0 Å². The van der Waals surface area contributed by atoms with E-state index in [2.05, 4.69) is 5.32 Å². The Labute approximate surface area is 127 Å². The molecule has 2 N–H and O–H groups in total. The summed E-state index contributed by atoms with van der Waals surface area (Å²) >= 11 is 0. The molecule has 0 radical (unpaired) electrons. The molecule has 0 aliphatic carbocycles. The molecule has 0 aliphatic rings. The molecular formula is C16H16N2O4. The van der Waals surface area contributed by atoms with Gasteiger partial charge in [0.1, 0.15) is 5.92 Å². The maximum absolute atomic E-state index is 11.7. The van der Waals surface area contributed by atoms with Gasteiger partial charge in [-0.2, -0.15) is 0 Å². The van der Waals surface area contributed by atoms with Crippen molar-refractivity contribution in [1.82, 2.24) is 5.32 Å². The highest BCUT2D eigenvalue weighted by Gasteiger charge is 2.30. The lowest BCUT2D eigenvalue weighted by Crippen LogP contribution is -2.29. The standard InChI is InChI=1S/C16H16N2O4/c1-17-15(12-8-5-9-13(10-12)18(21)22)14(16(19)20)11-6-3-2-4-7-11/h2-10,14-15,17H,1H3,(H,19,20). The maximum Gasteiger partial charge on any atom is 0.312 e. The first-order valence-corrected chi connectivity index (χ1v) is 6.74. The number of carboxylic acid groups (broad SMARTS) is 1. The fourth-order valence-corrected chi connectivity index (χ4v) is 2.50. The molecule has 0 fully saturated rings. The lowest BCUT2D eigenvalue weighted by Gasteiger charge is -2.24. The molecule has 0 amide bonds. The highest BCUT2D eigenvalue weighted by molar-refractivity contribution is 5.77. The highest BCUT2D eigenvalue weighted by Crippen LogP contribution is 2.32. The van der Waals surface area contributed by atoms with E-state index >= 15 is 0 Å². The third-order valence-electron chi connectivity index (χ3n) is 3.51. The topological polar surface area (TPSA) is 92.5 Å². The molecule has 22 heavy (non-hydrogen) atoms. The monoisotopic (exact) mass is 300 g/mol. The molecule has 0 aromatic heterocycles. The van der Waals surface area contributed by atoms with Gasteiger partial charge in [0, 0.05) is 18.2 Å². The van der Waals surface area contributed by atoms with Crippen LogP contribution in [0.15, 0.2) is 54.6 Å². The zero-order valence-electron chi connectivity index (χ0n) is 12.0. The van der Waals surface area contributed by atoms with E-state index in [1.54, 1.807) is 43.4 Å². The van der Waals surface area contributed by atoms with Gasteiger partial charge < -0.3 is 10.4 Å². The first-order chi connectivity index (χ1) is 10.5. The van der Waals surface area contributed by atoms with Crippen LogP contribution in [0.5, 0.6) is 0 Å². The quantitative estimate of drug-likeness (QED) is 0.632. The number of nitrogens with one attached hydrogen (secondary N) is 1. The van der Waals surface area contributed by atoms with E-state index in [1.165, 1.54) is 12.1 Å². The molecule has 2 rings (SSSR count). The van der Waals surface area contributed by atoms with Crippen LogP contribution in [-0.4, -0.2) is 23.0 Å². The predicted octanol–water partition coefficient (Wildman–Crippen LogP) is 2.72. The molecule has 0 saturated carbocycles. The summed E-state index contributed by atoms with van der Waals surface area (Å²) in [6, 6.07) is 14.3. The third kappa shape index (κ3) is 3.29. The number of aliphatic carboxylic acids is 1. The van der Waals surface area contributed by atoms with Gasteiger partial charge in [-0.15, -0.1) is 0 Å². The van der Waals surface area contributed by atoms with Gasteiger partial charge in [0.15, 0.2) is 0 Å². The molecule has 6 heteroatoms. The summed E-state index contributed by atoms with van der Waals surface area (Å²) in [5, 5.41) is 23.5. The Hall–Kier alpha value is -2.73. The molecule has 0 spiro atoms. The second kappa shape index (κ2) is 6.82. The Morgan fingerprint density at radius 3 is 2.32 bits per heavy atom.